The van der Waals surface area contributed by atoms with E-state index < -0.39 is 0 Å². The van der Waals surface area contributed by atoms with E-state index in [1.54, 1.807) is 12.1 Å². The lowest BCUT2D eigenvalue weighted by atomic mass is 10.1. The number of halogens is 2. The fourth-order valence-corrected chi connectivity index (χ4v) is 2.02. The van der Waals surface area contributed by atoms with Crippen molar-refractivity contribution in [1.29, 1.82) is 0 Å². The van der Waals surface area contributed by atoms with Gasteiger partial charge >= 0.3 is 0 Å². The third kappa shape index (κ3) is 1.80. The maximum absolute atomic E-state index is 11.1. The zero-order valence-electron chi connectivity index (χ0n) is 6.27. The van der Waals surface area contributed by atoms with Crippen LogP contribution in [0.15, 0.2) is 16.6 Å². The molecule has 0 aromatic heterocycles. The summed E-state index contributed by atoms with van der Waals surface area (Å²) in [5.74, 6) is -0.104. The number of hydrogen-bond donors (Lipinski definition) is 1. The number of aromatic hydroxyl groups is 1. The van der Waals surface area contributed by atoms with Crippen molar-refractivity contribution in [3.63, 3.8) is 0 Å². The van der Waals surface area contributed by atoms with Crippen LogP contribution in [0.1, 0.15) is 17.3 Å². The first kappa shape index (κ1) is 9.98. The lowest BCUT2D eigenvalue weighted by molar-refractivity contribution is 0.101. The Morgan fingerprint density at radius 1 is 1.58 bits per heavy atom. The Hall–Kier alpha value is -0.100. The molecule has 0 aliphatic heterocycles. The summed E-state index contributed by atoms with van der Waals surface area (Å²) in [7, 11) is 0. The highest BCUT2D eigenvalue weighted by molar-refractivity contribution is 14.1. The van der Waals surface area contributed by atoms with E-state index in [1.807, 2.05) is 22.6 Å². The number of carbonyl (C=O) groups is 1. The molecule has 1 rings (SSSR count). The molecule has 0 amide bonds. The first-order chi connectivity index (χ1) is 5.54. The molecule has 0 aliphatic rings. The zero-order valence-corrected chi connectivity index (χ0v) is 10.0. The van der Waals surface area contributed by atoms with E-state index in [-0.39, 0.29) is 11.5 Å². The number of hydrogen-bond acceptors (Lipinski definition) is 2. The SMILES string of the molecule is CC(=O)c1c(I)ccc(Br)c1O. The minimum atomic E-state index is -0.127. The van der Waals surface area contributed by atoms with Crippen LogP contribution in [0.25, 0.3) is 0 Å². The van der Waals surface area contributed by atoms with Crippen LogP contribution in [0, 0.1) is 3.57 Å². The maximum atomic E-state index is 11.1. The zero-order chi connectivity index (χ0) is 9.30. The molecule has 12 heavy (non-hydrogen) atoms. The van der Waals surface area contributed by atoms with Crippen molar-refractivity contribution >= 4 is 44.3 Å². The van der Waals surface area contributed by atoms with Crippen molar-refractivity contribution in [3.05, 3.63) is 25.7 Å². The maximum Gasteiger partial charge on any atom is 0.164 e. The third-order valence-electron chi connectivity index (χ3n) is 1.43. The van der Waals surface area contributed by atoms with Gasteiger partial charge in [-0.1, -0.05) is 0 Å². The first-order valence-corrected chi connectivity index (χ1v) is 5.09. The summed E-state index contributed by atoms with van der Waals surface area (Å²) < 4.78 is 1.31. The summed E-state index contributed by atoms with van der Waals surface area (Å²) in [6.45, 7) is 1.43. The van der Waals surface area contributed by atoms with Gasteiger partial charge < -0.3 is 5.11 Å². The van der Waals surface area contributed by atoms with Crippen molar-refractivity contribution in [2.24, 2.45) is 0 Å². The van der Waals surface area contributed by atoms with E-state index in [1.165, 1.54) is 6.92 Å². The standard InChI is InChI=1S/C8H6BrIO2/c1-4(11)7-6(10)3-2-5(9)8(7)12/h2-3,12H,1H3. The van der Waals surface area contributed by atoms with E-state index in [0.717, 1.165) is 3.57 Å². The van der Waals surface area contributed by atoms with Crippen LogP contribution in [-0.4, -0.2) is 10.9 Å². The Bertz CT molecular complexity index is 336. The van der Waals surface area contributed by atoms with Gasteiger partial charge in [-0.15, -0.1) is 0 Å². The van der Waals surface area contributed by atoms with Gasteiger partial charge in [0.15, 0.2) is 5.78 Å². The summed E-state index contributed by atoms with van der Waals surface area (Å²) in [6.07, 6.45) is 0. The fraction of sp³-hybridized carbons (Fsp3) is 0.125. The van der Waals surface area contributed by atoms with Gasteiger partial charge in [0.25, 0.3) is 0 Å². The molecule has 0 saturated carbocycles. The number of benzene rings is 1. The molecule has 1 aromatic carbocycles. The van der Waals surface area contributed by atoms with Crippen molar-refractivity contribution in [2.45, 2.75) is 6.92 Å². The van der Waals surface area contributed by atoms with Crippen LogP contribution in [-0.2, 0) is 0 Å². The highest BCUT2D eigenvalue weighted by Crippen LogP contribution is 2.31. The molecule has 0 bridgehead atoms. The van der Waals surface area contributed by atoms with E-state index >= 15 is 0 Å². The van der Waals surface area contributed by atoms with E-state index in [2.05, 4.69) is 15.9 Å². The van der Waals surface area contributed by atoms with Crippen molar-refractivity contribution in [2.75, 3.05) is 0 Å². The minimum absolute atomic E-state index is 0.0226. The van der Waals surface area contributed by atoms with Gasteiger partial charge in [0.1, 0.15) is 5.75 Å². The molecule has 1 aromatic rings. The van der Waals surface area contributed by atoms with Crippen LogP contribution < -0.4 is 0 Å². The fourth-order valence-electron chi connectivity index (χ4n) is 0.876. The molecule has 0 heterocycles. The van der Waals surface area contributed by atoms with Gasteiger partial charge in [-0.05, 0) is 57.6 Å². The molecular weight excluding hydrogens is 335 g/mol. The Balaban J connectivity index is 3.43. The number of phenolic OH excluding ortho intramolecular Hbond substituents is 1. The number of ketones is 1. The second-order valence-electron chi connectivity index (χ2n) is 2.31. The number of phenols is 1. The minimum Gasteiger partial charge on any atom is -0.506 e. The molecular formula is C8H6BrIO2. The summed E-state index contributed by atoms with van der Waals surface area (Å²) in [5.41, 5.74) is 0.380. The first-order valence-electron chi connectivity index (χ1n) is 3.22. The molecule has 0 atom stereocenters. The summed E-state index contributed by atoms with van der Waals surface area (Å²) >= 11 is 5.16. The van der Waals surface area contributed by atoms with E-state index in [0.29, 0.717) is 10.0 Å². The second-order valence-corrected chi connectivity index (χ2v) is 4.33. The largest absolute Gasteiger partial charge is 0.506 e. The number of carbonyl (C=O) groups excluding carboxylic acids is 1. The Labute approximate surface area is 92.2 Å². The van der Waals surface area contributed by atoms with Crippen LogP contribution in [0.3, 0.4) is 0 Å². The molecule has 4 heteroatoms. The average Bonchev–Trinajstić information content (AvgIpc) is 1.97. The van der Waals surface area contributed by atoms with E-state index in [9.17, 15) is 9.90 Å². The van der Waals surface area contributed by atoms with Crippen LogP contribution in [0.5, 0.6) is 5.75 Å². The molecule has 0 fully saturated rings. The van der Waals surface area contributed by atoms with Gasteiger partial charge in [-0.3, -0.25) is 4.79 Å². The lowest BCUT2D eigenvalue weighted by Crippen LogP contribution is -1.96. The van der Waals surface area contributed by atoms with Crippen LogP contribution in [0.4, 0.5) is 0 Å². The van der Waals surface area contributed by atoms with Gasteiger partial charge in [0.2, 0.25) is 0 Å². The Kier molecular flexibility index (Phi) is 3.11. The molecule has 1 N–H and O–H groups in total. The number of Topliss-reactive ketones (excluding diaryl/α,β-unsaturated/α-hetero) is 1. The highest BCUT2D eigenvalue weighted by Gasteiger charge is 2.12. The third-order valence-corrected chi connectivity index (χ3v) is 2.97. The average molecular weight is 341 g/mol. The molecule has 0 unspecified atom stereocenters. The Morgan fingerprint density at radius 2 is 2.17 bits per heavy atom. The molecule has 0 spiro atoms. The smallest absolute Gasteiger partial charge is 0.164 e. The predicted octanol–water partition coefficient (Wildman–Crippen LogP) is 2.96. The number of rotatable bonds is 1. The second kappa shape index (κ2) is 3.74. The molecule has 0 saturated heterocycles. The van der Waals surface area contributed by atoms with Crippen molar-refractivity contribution in [3.8, 4) is 5.75 Å². The van der Waals surface area contributed by atoms with Gasteiger partial charge in [-0.25, -0.2) is 0 Å². The predicted molar refractivity (Wildman–Crippen MR) is 58.5 cm³/mol. The van der Waals surface area contributed by atoms with Gasteiger partial charge in [0.05, 0.1) is 10.0 Å². The van der Waals surface area contributed by atoms with Crippen LogP contribution >= 0.6 is 38.5 Å². The molecule has 64 valence electrons. The monoisotopic (exact) mass is 340 g/mol. The van der Waals surface area contributed by atoms with Crippen LogP contribution in [0.2, 0.25) is 0 Å². The summed E-state index contributed by atoms with van der Waals surface area (Å²) in [4.78, 5) is 11.1. The molecule has 0 aliphatic carbocycles. The van der Waals surface area contributed by atoms with E-state index in [4.69, 9.17) is 0 Å². The topological polar surface area (TPSA) is 37.3 Å². The summed E-state index contributed by atoms with van der Waals surface area (Å²) in [6, 6.07) is 3.49. The quantitative estimate of drug-likeness (QED) is 0.630. The van der Waals surface area contributed by atoms with Crippen molar-refractivity contribution in [1.82, 2.24) is 0 Å². The van der Waals surface area contributed by atoms with Gasteiger partial charge in [-0.2, -0.15) is 0 Å². The lowest BCUT2D eigenvalue weighted by Gasteiger charge is -2.04. The summed E-state index contributed by atoms with van der Waals surface area (Å²) in [5, 5.41) is 9.48. The normalized spacial score (nSPS) is 9.92. The Morgan fingerprint density at radius 3 is 2.58 bits per heavy atom. The molecule has 0 radical (unpaired) electrons. The molecule has 2 nitrogen and oxygen atoms in total. The van der Waals surface area contributed by atoms with Gasteiger partial charge in [0, 0.05) is 3.57 Å². The highest BCUT2D eigenvalue weighted by atomic mass is 127. The van der Waals surface area contributed by atoms with Crippen molar-refractivity contribution < 1.29 is 9.90 Å².